The van der Waals surface area contributed by atoms with E-state index in [1.807, 2.05) is 0 Å². The summed E-state index contributed by atoms with van der Waals surface area (Å²) in [6.45, 7) is 2.17. The summed E-state index contributed by atoms with van der Waals surface area (Å²) in [4.78, 5) is 0. The molecule has 0 spiro atoms. The molecule has 1 rings (SSSR count). The summed E-state index contributed by atoms with van der Waals surface area (Å²) in [7, 11) is -6.92. The van der Waals surface area contributed by atoms with Crippen LogP contribution in [0.2, 0.25) is 0 Å². The minimum atomic E-state index is -3.51. The molecule has 126 valence electrons. The lowest BCUT2D eigenvalue weighted by atomic mass is 10.1. The molecule has 21 heavy (non-hydrogen) atoms. The molecule has 1 N–H and O–H groups in total. The van der Waals surface area contributed by atoms with Gasteiger partial charge in [-0.1, -0.05) is 51.9 Å². The Bertz CT molecular complexity index is 495. The zero-order valence-electron chi connectivity index (χ0n) is 12.8. The molecule has 2 atom stereocenters. The van der Waals surface area contributed by atoms with Crippen molar-refractivity contribution in [2.75, 3.05) is 17.3 Å². The van der Waals surface area contributed by atoms with Gasteiger partial charge in [-0.2, -0.15) is 0 Å². The first-order valence-electron chi connectivity index (χ1n) is 7.88. The minimum absolute atomic E-state index is 0.0147. The fraction of sp³-hybridized carbons (Fsp3) is 1.00. The van der Waals surface area contributed by atoms with E-state index in [1.54, 1.807) is 0 Å². The maximum Gasteiger partial charge on any atom is 0.156 e. The van der Waals surface area contributed by atoms with Gasteiger partial charge >= 0.3 is 0 Å². The highest BCUT2D eigenvalue weighted by atomic mass is 32.2. The van der Waals surface area contributed by atoms with Crippen molar-refractivity contribution in [1.29, 1.82) is 0 Å². The maximum absolute atomic E-state index is 12.1. The molecule has 1 fully saturated rings. The minimum Gasteiger partial charge on any atom is -0.391 e. The highest BCUT2D eigenvalue weighted by Crippen LogP contribution is 2.21. The number of rotatable bonds is 10. The first-order valence-corrected chi connectivity index (χ1v) is 11.4. The SMILES string of the molecule is CCCCCCCCCCS(=O)(=O)C1CS(=O)(=O)CC1O. The van der Waals surface area contributed by atoms with Crippen LogP contribution in [0, 0.1) is 0 Å². The number of hydrogen-bond donors (Lipinski definition) is 1. The monoisotopic (exact) mass is 340 g/mol. The zero-order chi connectivity index (χ0) is 15.9. The summed E-state index contributed by atoms with van der Waals surface area (Å²) in [5.41, 5.74) is 0. The molecular weight excluding hydrogens is 312 g/mol. The topological polar surface area (TPSA) is 88.5 Å². The Morgan fingerprint density at radius 1 is 0.952 bits per heavy atom. The van der Waals surface area contributed by atoms with Gasteiger partial charge in [-0.25, -0.2) is 16.8 Å². The largest absolute Gasteiger partial charge is 0.391 e. The number of unbranched alkanes of at least 4 members (excludes halogenated alkanes) is 7. The van der Waals surface area contributed by atoms with E-state index >= 15 is 0 Å². The van der Waals surface area contributed by atoms with Crippen LogP contribution in [0.4, 0.5) is 0 Å². The molecule has 0 aromatic carbocycles. The molecule has 0 aliphatic carbocycles. The Morgan fingerprint density at radius 2 is 1.48 bits per heavy atom. The Kier molecular flexibility index (Phi) is 7.64. The van der Waals surface area contributed by atoms with Crippen molar-refractivity contribution in [3.05, 3.63) is 0 Å². The van der Waals surface area contributed by atoms with Crippen LogP contribution in [0.3, 0.4) is 0 Å². The van der Waals surface area contributed by atoms with Gasteiger partial charge in [0, 0.05) is 0 Å². The lowest BCUT2D eigenvalue weighted by molar-refractivity contribution is 0.204. The van der Waals surface area contributed by atoms with E-state index < -0.39 is 42.5 Å². The highest BCUT2D eigenvalue weighted by molar-refractivity contribution is 7.96. The number of aliphatic hydroxyl groups excluding tert-OH is 1. The molecule has 5 nitrogen and oxygen atoms in total. The van der Waals surface area contributed by atoms with Crippen LogP contribution >= 0.6 is 0 Å². The lowest BCUT2D eigenvalue weighted by Gasteiger charge is -2.13. The first-order chi connectivity index (χ1) is 9.78. The van der Waals surface area contributed by atoms with Crippen LogP contribution in [0.15, 0.2) is 0 Å². The summed E-state index contributed by atoms with van der Waals surface area (Å²) in [6, 6.07) is 0. The third-order valence-corrected chi connectivity index (χ3v) is 8.20. The van der Waals surface area contributed by atoms with E-state index in [2.05, 4.69) is 6.92 Å². The molecule has 0 saturated carbocycles. The van der Waals surface area contributed by atoms with E-state index in [9.17, 15) is 21.9 Å². The lowest BCUT2D eigenvalue weighted by Crippen LogP contribution is -2.34. The quantitative estimate of drug-likeness (QED) is 0.612. The summed E-state index contributed by atoms with van der Waals surface area (Å²) in [5.74, 6) is -0.860. The highest BCUT2D eigenvalue weighted by Gasteiger charge is 2.43. The number of sulfone groups is 2. The molecule has 1 aliphatic heterocycles. The van der Waals surface area contributed by atoms with E-state index in [0.717, 1.165) is 19.3 Å². The Labute approximate surface area is 129 Å². The van der Waals surface area contributed by atoms with Gasteiger partial charge in [0.05, 0.1) is 23.4 Å². The molecule has 0 amide bonds. The van der Waals surface area contributed by atoms with Crippen LogP contribution in [-0.4, -0.2) is 50.6 Å². The predicted octanol–water partition coefficient (Wildman–Crippen LogP) is 1.70. The van der Waals surface area contributed by atoms with Gasteiger partial charge in [-0.3, -0.25) is 0 Å². The summed E-state index contributed by atoms with van der Waals surface area (Å²) < 4.78 is 46.9. The van der Waals surface area contributed by atoms with Crippen LogP contribution in [0.1, 0.15) is 58.3 Å². The van der Waals surface area contributed by atoms with Gasteiger partial charge in [0.15, 0.2) is 19.7 Å². The number of aliphatic hydroxyl groups is 1. The Balaban J connectivity index is 2.25. The molecule has 0 bridgehead atoms. The van der Waals surface area contributed by atoms with Crippen molar-refractivity contribution < 1.29 is 21.9 Å². The van der Waals surface area contributed by atoms with Gasteiger partial charge in [-0.05, 0) is 6.42 Å². The molecule has 0 aromatic heterocycles. The fourth-order valence-corrected chi connectivity index (χ4v) is 7.40. The van der Waals surface area contributed by atoms with Gasteiger partial charge in [-0.15, -0.1) is 0 Å². The molecule has 0 aromatic rings. The molecule has 0 radical (unpaired) electrons. The van der Waals surface area contributed by atoms with Crippen molar-refractivity contribution in [3.8, 4) is 0 Å². The van der Waals surface area contributed by atoms with E-state index in [1.165, 1.54) is 25.7 Å². The van der Waals surface area contributed by atoms with Gasteiger partial charge < -0.3 is 5.11 Å². The standard InChI is InChI=1S/C14H28O5S2/c1-2-3-4-5-6-7-8-9-10-21(18,19)14-12-20(16,17)11-13(14)15/h13-15H,2-12H2,1H3. The molecule has 7 heteroatoms. The Morgan fingerprint density at radius 3 is 1.95 bits per heavy atom. The van der Waals surface area contributed by atoms with Crippen molar-refractivity contribution in [2.24, 2.45) is 0 Å². The maximum atomic E-state index is 12.1. The van der Waals surface area contributed by atoms with E-state index in [4.69, 9.17) is 0 Å². The molecular formula is C14H28O5S2. The molecule has 2 unspecified atom stereocenters. The fourth-order valence-electron chi connectivity index (χ4n) is 2.73. The van der Waals surface area contributed by atoms with E-state index in [0.29, 0.717) is 6.42 Å². The average Bonchev–Trinajstić information content (AvgIpc) is 2.67. The van der Waals surface area contributed by atoms with Crippen molar-refractivity contribution >= 4 is 19.7 Å². The van der Waals surface area contributed by atoms with Gasteiger partial charge in [0.2, 0.25) is 0 Å². The van der Waals surface area contributed by atoms with Crippen molar-refractivity contribution in [2.45, 2.75) is 69.6 Å². The normalized spacial score (nSPS) is 25.2. The van der Waals surface area contributed by atoms with Crippen molar-refractivity contribution in [1.82, 2.24) is 0 Å². The Hall–Kier alpha value is -0.140. The second kappa shape index (κ2) is 8.48. The van der Waals surface area contributed by atoms with Crippen molar-refractivity contribution in [3.63, 3.8) is 0 Å². The van der Waals surface area contributed by atoms with E-state index in [-0.39, 0.29) is 5.75 Å². The average molecular weight is 341 g/mol. The second-order valence-corrected chi connectivity index (χ2v) is 10.5. The second-order valence-electron chi connectivity index (χ2n) is 6.02. The smallest absolute Gasteiger partial charge is 0.156 e. The zero-order valence-corrected chi connectivity index (χ0v) is 14.5. The molecule has 1 heterocycles. The van der Waals surface area contributed by atoms with Crippen LogP contribution in [0.25, 0.3) is 0 Å². The summed E-state index contributed by atoms with van der Waals surface area (Å²) in [6.07, 6.45) is 7.19. The summed E-state index contributed by atoms with van der Waals surface area (Å²) >= 11 is 0. The summed E-state index contributed by atoms with van der Waals surface area (Å²) in [5, 5.41) is 8.51. The third kappa shape index (κ3) is 6.65. The van der Waals surface area contributed by atoms with Gasteiger partial charge in [0.25, 0.3) is 0 Å². The number of hydrogen-bond acceptors (Lipinski definition) is 5. The van der Waals surface area contributed by atoms with Gasteiger partial charge in [0.1, 0.15) is 5.25 Å². The molecule has 1 aliphatic rings. The predicted molar refractivity (Wildman–Crippen MR) is 84.8 cm³/mol. The molecule has 1 saturated heterocycles. The van der Waals surface area contributed by atoms with Crippen LogP contribution < -0.4 is 0 Å². The third-order valence-electron chi connectivity index (χ3n) is 4.02. The van der Waals surface area contributed by atoms with Crippen LogP contribution in [-0.2, 0) is 19.7 Å². The van der Waals surface area contributed by atoms with Crippen LogP contribution in [0.5, 0.6) is 0 Å². The first kappa shape index (κ1) is 18.9.